The van der Waals surface area contributed by atoms with E-state index in [4.69, 9.17) is 32.7 Å². The number of methoxy groups -OCH3 is 2. The number of carbonyl (C=O) groups excluding carboxylic acids is 3. The molecule has 1 aliphatic heterocycles. The molecule has 3 heterocycles. The smallest absolute Gasteiger partial charge is 0.320 e. The van der Waals surface area contributed by atoms with E-state index in [-0.39, 0.29) is 74.3 Å². The molecular formula is C52H65N8O10P. The van der Waals surface area contributed by atoms with Crippen molar-refractivity contribution in [1.82, 2.24) is 29.5 Å². The summed E-state index contributed by atoms with van der Waals surface area (Å²) < 4.78 is 48.6. The maximum absolute atomic E-state index is 13.4. The normalized spacial score (nSPS) is 19.6. The lowest BCUT2D eigenvalue weighted by molar-refractivity contribution is -0.151. The van der Waals surface area contributed by atoms with Gasteiger partial charge in [-0.05, 0) is 101 Å². The maximum atomic E-state index is 13.4. The Bertz CT molecular complexity index is 2510. The van der Waals surface area contributed by atoms with E-state index in [1.54, 1.807) is 20.5 Å². The van der Waals surface area contributed by atoms with Gasteiger partial charge in [0.2, 0.25) is 0 Å². The van der Waals surface area contributed by atoms with E-state index in [9.17, 15) is 19.6 Å². The maximum Gasteiger partial charge on any atom is 0.320 e. The molecule has 0 bridgehead atoms. The highest BCUT2D eigenvalue weighted by molar-refractivity contribution is 7.44. The number of hydrogen-bond acceptors (Lipinski definition) is 15. The van der Waals surface area contributed by atoms with Crippen molar-refractivity contribution in [3.8, 4) is 17.6 Å². The van der Waals surface area contributed by atoms with Crippen molar-refractivity contribution in [2.24, 2.45) is 0 Å². The minimum Gasteiger partial charge on any atom is -0.497 e. The van der Waals surface area contributed by atoms with Gasteiger partial charge in [-0.25, -0.2) is 24.4 Å². The number of hydrogen-bond donors (Lipinski definition) is 2. The highest BCUT2D eigenvalue weighted by atomic mass is 31.2. The van der Waals surface area contributed by atoms with Crippen LogP contribution in [0.5, 0.6) is 11.5 Å². The van der Waals surface area contributed by atoms with Crippen LogP contribution >= 0.6 is 8.53 Å². The summed E-state index contributed by atoms with van der Waals surface area (Å²) in [5, 5.41) is 15.4. The number of nitrogens with zero attached hydrogens (tertiary/aromatic N) is 6. The van der Waals surface area contributed by atoms with E-state index >= 15 is 0 Å². The van der Waals surface area contributed by atoms with Crippen LogP contribution in [0.1, 0.15) is 109 Å². The summed E-state index contributed by atoms with van der Waals surface area (Å²) >= 11 is 0. The predicted molar refractivity (Wildman–Crippen MR) is 266 cm³/mol. The number of aromatic nitrogens is 4. The quantitative estimate of drug-likeness (QED) is 0.0270. The number of anilines is 1. The van der Waals surface area contributed by atoms with E-state index in [2.05, 4.69) is 64.0 Å². The van der Waals surface area contributed by atoms with Crippen LogP contribution in [-0.4, -0.2) is 106 Å². The largest absolute Gasteiger partial charge is 0.497 e. The number of benzene rings is 3. The number of urea groups is 1. The van der Waals surface area contributed by atoms with E-state index in [1.165, 1.54) is 13.3 Å². The zero-order valence-electron chi connectivity index (χ0n) is 41.5. The van der Waals surface area contributed by atoms with Crippen LogP contribution in [0.2, 0.25) is 0 Å². The van der Waals surface area contributed by atoms with Crippen LogP contribution < -0.4 is 20.1 Å². The number of nitriles is 1. The highest BCUT2D eigenvalue weighted by Crippen LogP contribution is 2.51. The van der Waals surface area contributed by atoms with Gasteiger partial charge < -0.3 is 42.8 Å². The molecule has 7 rings (SSSR count). The van der Waals surface area contributed by atoms with E-state index in [1.807, 2.05) is 83.4 Å². The second-order valence-corrected chi connectivity index (χ2v) is 19.6. The van der Waals surface area contributed by atoms with E-state index in [0.29, 0.717) is 54.8 Å². The summed E-state index contributed by atoms with van der Waals surface area (Å²) in [5.74, 6) is 1.17. The van der Waals surface area contributed by atoms with Crippen molar-refractivity contribution in [1.29, 1.82) is 5.26 Å². The summed E-state index contributed by atoms with van der Waals surface area (Å²) in [6.07, 6.45) is 4.00. The lowest BCUT2D eigenvalue weighted by atomic mass is 9.80. The average molecular weight is 993 g/mol. The summed E-state index contributed by atoms with van der Waals surface area (Å²) in [6, 6.07) is 27.4. The second kappa shape index (κ2) is 24.9. The first kappa shape index (κ1) is 52.8. The first-order valence-corrected chi connectivity index (χ1v) is 25.3. The molecule has 1 aliphatic carbocycles. The zero-order chi connectivity index (χ0) is 50.5. The number of ketones is 1. The minimum absolute atomic E-state index is 0.0494. The Morgan fingerprint density at radius 1 is 0.873 bits per heavy atom. The summed E-state index contributed by atoms with van der Waals surface area (Å²) in [7, 11) is 1.57. The number of imidazole rings is 1. The van der Waals surface area contributed by atoms with Crippen molar-refractivity contribution >= 4 is 43.3 Å². The van der Waals surface area contributed by atoms with Crippen molar-refractivity contribution in [2.45, 2.75) is 134 Å². The van der Waals surface area contributed by atoms with Gasteiger partial charge in [-0.3, -0.25) is 14.7 Å². The van der Waals surface area contributed by atoms with Gasteiger partial charge in [-0.1, -0.05) is 54.6 Å². The molecule has 1 saturated carbocycles. The summed E-state index contributed by atoms with van der Waals surface area (Å²) in [5.41, 5.74) is 2.23. The monoisotopic (exact) mass is 992 g/mol. The fourth-order valence-electron chi connectivity index (χ4n) is 9.15. The zero-order valence-corrected chi connectivity index (χ0v) is 42.4. The summed E-state index contributed by atoms with van der Waals surface area (Å²) in [4.78, 5) is 50.6. The molecule has 1 unspecified atom stereocenters. The van der Waals surface area contributed by atoms with Crippen LogP contribution in [0.15, 0.2) is 91.5 Å². The number of rotatable bonds is 23. The molecule has 2 aliphatic rings. The first-order valence-electron chi connectivity index (χ1n) is 24.2. The number of Topliss-reactive ketones (excluding diaryl/α,β-unsaturated/α-hetero) is 1. The molecule has 71 heavy (non-hydrogen) atoms. The molecule has 2 aromatic heterocycles. The van der Waals surface area contributed by atoms with Gasteiger partial charge in [0, 0.05) is 31.0 Å². The fraction of sp³-hybridized carbons (Fsp3) is 0.481. The Labute approximate surface area is 416 Å². The van der Waals surface area contributed by atoms with Crippen LogP contribution in [-0.2, 0) is 38.4 Å². The molecule has 0 radical (unpaired) electrons. The number of esters is 1. The molecule has 3 aromatic carbocycles. The third-order valence-electron chi connectivity index (χ3n) is 12.6. The standard InChI is InChI=1S/C52H65N8O10P/c1-34(2)60(35(3)4)71(67-29-11-28-53)70-44-30-46(59-33-56-48-49(54-32-55-50(48)59)58-51(63)57-40-19-25-43(26-20-40)68-47(62)27-14-36(5)61)69-45(44)31-66-52(37-12-9-8-10-13-37,38-15-21-41(64-6)22-16-38)39-17-23-42(65-7)24-18-39/h8-10,12-13,15-18,21-24,32-35,40,43-46H,11,14,19-20,25-27,29-31H2,1-7H3,(H2,54,55,57,58,63)/t40?,43?,44-,45+,46+,71?/m0/s1. The van der Waals surface area contributed by atoms with Crippen molar-refractivity contribution < 1.29 is 47.1 Å². The molecule has 0 spiro atoms. The molecule has 1 saturated heterocycles. The highest BCUT2D eigenvalue weighted by Gasteiger charge is 2.45. The topological polar surface area (TPSA) is 211 Å². The van der Waals surface area contributed by atoms with Gasteiger partial charge in [0.15, 0.2) is 17.0 Å². The number of amides is 2. The molecule has 2 N–H and O–H groups in total. The SMILES string of the molecule is COc1ccc(C(OC[C@H]2O[C@@H](n3cnc4c(NC(=O)NC5CCC(OC(=O)CCC(C)=O)CC5)ncnc43)C[C@@H]2OP(OCCC#N)N(C(C)C)C(C)C)(c2ccccc2)c2ccc(OC)cc2)cc1. The Morgan fingerprint density at radius 3 is 2.10 bits per heavy atom. The first-order chi connectivity index (χ1) is 34.3. The molecule has 18 nitrogen and oxygen atoms in total. The van der Waals surface area contributed by atoms with Gasteiger partial charge in [0.25, 0.3) is 8.53 Å². The Kier molecular flexibility index (Phi) is 18.5. The lowest BCUT2D eigenvalue weighted by Crippen LogP contribution is -2.41. The van der Waals surface area contributed by atoms with E-state index < -0.39 is 38.6 Å². The molecule has 2 fully saturated rings. The van der Waals surface area contributed by atoms with Gasteiger partial charge in [0.1, 0.15) is 47.6 Å². The molecule has 4 atom stereocenters. The van der Waals surface area contributed by atoms with Crippen LogP contribution in [0.4, 0.5) is 10.6 Å². The van der Waals surface area contributed by atoms with Crippen LogP contribution in [0.3, 0.4) is 0 Å². The van der Waals surface area contributed by atoms with Gasteiger partial charge in [-0.2, -0.15) is 5.26 Å². The van der Waals surface area contributed by atoms with Crippen molar-refractivity contribution in [2.75, 3.05) is 32.8 Å². The minimum atomic E-state index is -1.70. The summed E-state index contributed by atoms with van der Waals surface area (Å²) in [6.45, 7) is 10.1. The number of nitrogens with one attached hydrogen (secondary N) is 2. The number of ether oxygens (including phenoxy) is 5. The lowest BCUT2D eigenvalue weighted by Gasteiger charge is -2.39. The number of carbonyl (C=O) groups is 3. The Morgan fingerprint density at radius 2 is 1.51 bits per heavy atom. The third-order valence-corrected chi connectivity index (χ3v) is 14.8. The molecule has 19 heteroatoms. The predicted octanol–water partition coefficient (Wildman–Crippen LogP) is 9.15. The molecule has 378 valence electrons. The van der Waals surface area contributed by atoms with Gasteiger partial charge in [-0.15, -0.1) is 0 Å². The van der Waals surface area contributed by atoms with Crippen molar-refractivity contribution in [3.63, 3.8) is 0 Å². The van der Waals surface area contributed by atoms with Gasteiger partial charge >= 0.3 is 12.0 Å². The Hall–Kier alpha value is -6.06. The molecule has 5 aromatic rings. The van der Waals surface area contributed by atoms with Crippen molar-refractivity contribution in [3.05, 3.63) is 108 Å². The second-order valence-electron chi connectivity index (χ2n) is 18.2. The molecule has 2 amide bonds. The average Bonchev–Trinajstić information content (AvgIpc) is 3.99. The van der Waals surface area contributed by atoms with Crippen LogP contribution in [0, 0.1) is 11.3 Å². The van der Waals surface area contributed by atoms with Crippen LogP contribution in [0.25, 0.3) is 11.2 Å². The van der Waals surface area contributed by atoms with E-state index in [0.717, 1.165) is 16.7 Å². The molecular weight excluding hydrogens is 928 g/mol. The number of fused-ring (bicyclic) bond motifs is 1. The Balaban J connectivity index is 1.17. The van der Waals surface area contributed by atoms with Gasteiger partial charge in [0.05, 0.1) is 58.8 Å². The fourth-order valence-corrected chi connectivity index (χ4v) is 10.9. The third kappa shape index (κ3) is 13.1.